The van der Waals surface area contributed by atoms with Crippen molar-refractivity contribution in [1.29, 1.82) is 0 Å². The van der Waals surface area contributed by atoms with Gasteiger partial charge in [-0.25, -0.2) is 4.39 Å². The normalized spacial score (nSPS) is 25.0. The first-order valence-electron chi connectivity index (χ1n) is 4.25. The summed E-state index contributed by atoms with van der Waals surface area (Å²) in [6, 6.07) is 0. The molecule has 0 bridgehead atoms. The van der Waals surface area contributed by atoms with E-state index in [-0.39, 0.29) is 12.4 Å². The molecule has 1 nitrogen and oxygen atoms in total. The molecule has 1 aliphatic rings. The van der Waals surface area contributed by atoms with Crippen molar-refractivity contribution in [3.8, 4) is 0 Å². The quantitative estimate of drug-likeness (QED) is 0.655. The van der Waals surface area contributed by atoms with Crippen LogP contribution in [0.1, 0.15) is 19.3 Å². The van der Waals surface area contributed by atoms with Crippen molar-refractivity contribution in [3.05, 3.63) is 0 Å². The molecule has 1 fully saturated rings. The number of hydrogen-bond acceptors (Lipinski definition) is 1. The fourth-order valence-corrected chi connectivity index (χ4v) is 1.61. The monoisotopic (exact) mass is 215 g/mol. The summed E-state index contributed by atoms with van der Waals surface area (Å²) in [6.07, 6.45) is 2.13. The first kappa shape index (κ1) is 12.5. The van der Waals surface area contributed by atoms with E-state index in [9.17, 15) is 4.39 Å². The topological polar surface area (TPSA) is 3.24 Å². The van der Waals surface area contributed by atoms with Crippen molar-refractivity contribution in [3.63, 3.8) is 0 Å². The van der Waals surface area contributed by atoms with Gasteiger partial charge in [-0.05, 0) is 32.4 Å². The number of piperidine rings is 1. The number of likely N-dealkylation sites (tertiary alicyclic amines) is 1. The van der Waals surface area contributed by atoms with Gasteiger partial charge in [-0.2, -0.15) is 0 Å². The van der Waals surface area contributed by atoms with E-state index in [1.54, 1.807) is 0 Å². The smallest absolute Gasteiger partial charge is 0.113 e. The first-order valence-corrected chi connectivity index (χ1v) is 4.79. The van der Waals surface area contributed by atoms with Gasteiger partial charge in [-0.15, -0.1) is 24.0 Å². The van der Waals surface area contributed by atoms with Crippen LogP contribution in [-0.4, -0.2) is 36.6 Å². The molecule has 1 atom stereocenters. The fourth-order valence-electron chi connectivity index (χ4n) is 1.49. The molecule has 0 N–H and O–H groups in total. The summed E-state index contributed by atoms with van der Waals surface area (Å²) in [6.45, 7) is 2.64. The molecular formula is C8H16Cl2FN. The summed E-state index contributed by atoms with van der Waals surface area (Å²) < 4.78 is 12.8. The minimum absolute atomic E-state index is 0. The Bertz CT molecular complexity index is 113. The Balaban J connectivity index is 0.00000121. The lowest BCUT2D eigenvalue weighted by Crippen LogP contribution is -2.37. The van der Waals surface area contributed by atoms with Crippen LogP contribution in [0.2, 0.25) is 0 Å². The Labute approximate surface area is 84.7 Å². The zero-order valence-electron chi connectivity index (χ0n) is 7.14. The highest BCUT2D eigenvalue weighted by Crippen LogP contribution is 2.12. The maximum absolute atomic E-state index is 12.8. The summed E-state index contributed by atoms with van der Waals surface area (Å²) in [5.74, 6) is 0.688. The minimum atomic E-state index is -0.598. The van der Waals surface area contributed by atoms with Crippen LogP contribution in [0.3, 0.4) is 0 Å². The van der Waals surface area contributed by atoms with Gasteiger partial charge < -0.3 is 4.90 Å². The Hall–Kier alpha value is 0.470. The molecule has 0 aromatic carbocycles. The van der Waals surface area contributed by atoms with Gasteiger partial charge in [-0.1, -0.05) is 0 Å². The summed E-state index contributed by atoms with van der Waals surface area (Å²) in [7, 11) is 0. The second-order valence-electron chi connectivity index (χ2n) is 3.08. The Morgan fingerprint density at radius 2 is 2.25 bits per heavy atom. The zero-order valence-corrected chi connectivity index (χ0v) is 8.71. The van der Waals surface area contributed by atoms with E-state index in [4.69, 9.17) is 11.6 Å². The summed E-state index contributed by atoms with van der Waals surface area (Å²) in [5, 5.41) is 0. The second-order valence-corrected chi connectivity index (χ2v) is 3.46. The van der Waals surface area contributed by atoms with Crippen LogP contribution in [0.4, 0.5) is 4.39 Å². The second kappa shape index (κ2) is 6.93. The minimum Gasteiger partial charge on any atom is -0.300 e. The molecule has 0 spiro atoms. The van der Waals surface area contributed by atoms with Crippen molar-refractivity contribution in [1.82, 2.24) is 4.90 Å². The van der Waals surface area contributed by atoms with Gasteiger partial charge in [0, 0.05) is 12.4 Å². The molecule has 74 valence electrons. The molecule has 0 aromatic heterocycles. The molecule has 1 unspecified atom stereocenters. The molecule has 0 radical (unpaired) electrons. The standard InChI is InChI=1S/C8H15ClFN.ClH/c9-4-2-6-11-5-1-3-8(10)7-11;/h8H,1-7H2;1H. The molecular weight excluding hydrogens is 200 g/mol. The number of halogens is 3. The Kier molecular flexibility index (Phi) is 7.20. The lowest BCUT2D eigenvalue weighted by Gasteiger charge is -2.28. The third kappa shape index (κ3) is 4.48. The fraction of sp³-hybridized carbons (Fsp3) is 1.00. The number of alkyl halides is 2. The Morgan fingerprint density at radius 1 is 1.50 bits per heavy atom. The third-order valence-corrected chi connectivity index (χ3v) is 2.32. The number of rotatable bonds is 3. The van der Waals surface area contributed by atoms with Crippen LogP contribution < -0.4 is 0 Å². The van der Waals surface area contributed by atoms with E-state index in [0.29, 0.717) is 12.4 Å². The van der Waals surface area contributed by atoms with E-state index in [0.717, 1.165) is 32.4 Å². The van der Waals surface area contributed by atoms with Gasteiger partial charge in [-0.3, -0.25) is 0 Å². The highest BCUT2D eigenvalue weighted by molar-refractivity contribution is 6.17. The predicted molar refractivity (Wildman–Crippen MR) is 53.2 cm³/mol. The molecule has 1 aliphatic heterocycles. The van der Waals surface area contributed by atoms with Gasteiger partial charge in [0.05, 0.1) is 0 Å². The Morgan fingerprint density at radius 3 is 2.83 bits per heavy atom. The van der Waals surface area contributed by atoms with Gasteiger partial charge in [0.1, 0.15) is 6.17 Å². The zero-order chi connectivity index (χ0) is 8.10. The third-order valence-electron chi connectivity index (χ3n) is 2.06. The molecule has 0 amide bonds. The van der Waals surface area contributed by atoms with Crippen LogP contribution in [0.5, 0.6) is 0 Å². The number of hydrogen-bond donors (Lipinski definition) is 0. The van der Waals surface area contributed by atoms with Crippen LogP contribution >= 0.6 is 24.0 Å². The average Bonchev–Trinajstić information content (AvgIpc) is 2.01. The van der Waals surface area contributed by atoms with Gasteiger partial charge >= 0.3 is 0 Å². The molecule has 1 rings (SSSR count). The lowest BCUT2D eigenvalue weighted by atomic mass is 10.1. The van der Waals surface area contributed by atoms with E-state index < -0.39 is 6.17 Å². The maximum Gasteiger partial charge on any atom is 0.113 e. The maximum atomic E-state index is 12.8. The molecule has 0 aromatic rings. The van der Waals surface area contributed by atoms with E-state index >= 15 is 0 Å². The van der Waals surface area contributed by atoms with E-state index in [2.05, 4.69) is 4.90 Å². The van der Waals surface area contributed by atoms with Gasteiger partial charge in [0.15, 0.2) is 0 Å². The molecule has 1 saturated heterocycles. The molecule has 1 heterocycles. The average molecular weight is 216 g/mol. The summed E-state index contributed by atoms with van der Waals surface area (Å²) >= 11 is 5.54. The molecule has 4 heteroatoms. The van der Waals surface area contributed by atoms with Crippen molar-refractivity contribution in [2.45, 2.75) is 25.4 Å². The largest absolute Gasteiger partial charge is 0.300 e. The molecule has 12 heavy (non-hydrogen) atoms. The lowest BCUT2D eigenvalue weighted by molar-refractivity contribution is 0.139. The summed E-state index contributed by atoms with van der Waals surface area (Å²) in [5.41, 5.74) is 0. The van der Waals surface area contributed by atoms with E-state index in [1.807, 2.05) is 0 Å². The van der Waals surface area contributed by atoms with Crippen molar-refractivity contribution < 1.29 is 4.39 Å². The van der Waals surface area contributed by atoms with Gasteiger partial charge in [0.2, 0.25) is 0 Å². The van der Waals surface area contributed by atoms with Crippen LogP contribution in [0, 0.1) is 0 Å². The van der Waals surface area contributed by atoms with Crippen molar-refractivity contribution in [2.24, 2.45) is 0 Å². The first-order chi connectivity index (χ1) is 5.33. The SMILES string of the molecule is Cl.FC1CCCN(CCCCl)C1. The molecule has 0 saturated carbocycles. The van der Waals surface area contributed by atoms with Crippen LogP contribution in [0.25, 0.3) is 0 Å². The highest BCUT2D eigenvalue weighted by Gasteiger charge is 2.17. The summed E-state index contributed by atoms with van der Waals surface area (Å²) in [4.78, 5) is 2.16. The number of nitrogens with zero attached hydrogens (tertiary/aromatic N) is 1. The van der Waals surface area contributed by atoms with Gasteiger partial charge in [0.25, 0.3) is 0 Å². The van der Waals surface area contributed by atoms with E-state index in [1.165, 1.54) is 0 Å². The molecule has 0 aliphatic carbocycles. The highest BCUT2D eigenvalue weighted by atomic mass is 35.5. The van der Waals surface area contributed by atoms with Crippen molar-refractivity contribution >= 4 is 24.0 Å². The predicted octanol–water partition coefficient (Wildman–Crippen LogP) is 2.47. The van der Waals surface area contributed by atoms with Crippen molar-refractivity contribution in [2.75, 3.05) is 25.5 Å². The van der Waals surface area contributed by atoms with Crippen LogP contribution in [-0.2, 0) is 0 Å². The van der Waals surface area contributed by atoms with Crippen LogP contribution in [0.15, 0.2) is 0 Å².